The Morgan fingerprint density at radius 2 is 1.74 bits per heavy atom. The number of alkyl halides is 5. The molecular formula is C22H26F5N3O. The van der Waals surface area contributed by atoms with Crippen LogP contribution in [0.4, 0.5) is 39.0 Å². The molecule has 1 amide bonds. The minimum Gasteiger partial charge on any atom is -0.397 e. The number of benzene rings is 2. The number of nitrogens with two attached hydrogens (primary N) is 1. The number of carbonyl (C=O) groups is 1. The van der Waals surface area contributed by atoms with E-state index in [1.54, 1.807) is 6.07 Å². The van der Waals surface area contributed by atoms with Gasteiger partial charge in [-0.05, 0) is 42.3 Å². The Balaban J connectivity index is 1.91. The van der Waals surface area contributed by atoms with Crippen LogP contribution in [0.15, 0.2) is 42.5 Å². The van der Waals surface area contributed by atoms with Crippen molar-refractivity contribution in [1.29, 1.82) is 0 Å². The van der Waals surface area contributed by atoms with E-state index in [2.05, 4.69) is 10.6 Å². The topological polar surface area (TPSA) is 67.2 Å². The van der Waals surface area contributed by atoms with Gasteiger partial charge < -0.3 is 16.4 Å². The zero-order valence-electron chi connectivity index (χ0n) is 17.1. The summed E-state index contributed by atoms with van der Waals surface area (Å²) < 4.78 is 65.7. The predicted molar refractivity (Wildman–Crippen MR) is 112 cm³/mol. The van der Waals surface area contributed by atoms with E-state index in [1.807, 2.05) is 6.92 Å². The zero-order valence-corrected chi connectivity index (χ0v) is 17.1. The number of hydrogen-bond donors (Lipinski definition) is 3. The van der Waals surface area contributed by atoms with E-state index in [0.717, 1.165) is 25.0 Å². The maximum atomic E-state index is 14.0. The summed E-state index contributed by atoms with van der Waals surface area (Å²) in [6.45, 7) is 2.19. The van der Waals surface area contributed by atoms with E-state index < -0.39 is 30.0 Å². The molecule has 2 atom stereocenters. The van der Waals surface area contributed by atoms with Crippen molar-refractivity contribution in [2.24, 2.45) is 0 Å². The Labute approximate surface area is 178 Å². The van der Waals surface area contributed by atoms with E-state index >= 15 is 0 Å². The molecule has 31 heavy (non-hydrogen) atoms. The largest absolute Gasteiger partial charge is 0.416 e. The van der Waals surface area contributed by atoms with Crippen molar-refractivity contribution >= 4 is 23.0 Å². The minimum absolute atomic E-state index is 0.0231. The Kier molecular flexibility index (Phi) is 8.65. The molecule has 0 aliphatic heterocycles. The van der Waals surface area contributed by atoms with Crippen LogP contribution in [0.5, 0.6) is 0 Å². The van der Waals surface area contributed by atoms with Crippen molar-refractivity contribution in [2.45, 2.75) is 57.7 Å². The molecule has 2 unspecified atom stereocenters. The molecule has 0 fully saturated rings. The summed E-state index contributed by atoms with van der Waals surface area (Å²) in [5.41, 5.74) is 6.62. The van der Waals surface area contributed by atoms with Gasteiger partial charge in [0.25, 0.3) is 5.91 Å². The average molecular weight is 443 g/mol. The molecule has 0 saturated heterocycles. The minimum atomic E-state index is -4.39. The van der Waals surface area contributed by atoms with Crippen LogP contribution < -0.4 is 16.4 Å². The highest BCUT2D eigenvalue weighted by molar-refractivity contribution is 5.97. The first-order valence-electron chi connectivity index (χ1n) is 10.0. The van der Waals surface area contributed by atoms with Crippen molar-refractivity contribution in [3.05, 3.63) is 53.6 Å². The number of unbranched alkanes of at least 4 members (excludes halogenated alkanes) is 2. The average Bonchev–Trinajstić information content (AvgIpc) is 2.73. The molecule has 0 spiro atoms. The van der Waals surface area contributed by atoms with Gasteiger partial charge in [-0.1, -0.05) is 38.3 Å². The lowest BCUT2D eigenvalue weighted by atomic mass is 10.1. The third kappa shape index (κ3) is 7.41. The fraction of sp³-hybridized carbons (Fsp3) is 0.409. The summed E-state index contributed by atoms with van der Waals surface area (Å²) in [6.07, 6.45) is -6.44. The second kappa shape index (κ2) is 11.0. The van der Waals surface area contributed by atoms with Crippen LogP contribution in [0.2, 0.25) is 0 Å². The molecule has 4 nitrogen and oxygen atoms in total. The quantitative estimate of drug-likeness (QED) is 0.236. The first-order chi connectivity index (χ1) is 14.6. The zero-order chi connectivity index (χ0) is 23.0. The summed E-state index contributed by atoms with van der Waals surface area (Å²) in [7, 11) is 0. The van der Waals surface area contributed by atoms with E-state index in [-0.39, 0.29) is 24.3 Å². The third-order valence-electron chi connectivity index (χ3n) is 4.74. The highest BCUT2D eigenvalue weighted by Crippen LogP contribution is 2.29. The fourth-order valence-corrected chi connectivity index (χ4v) is 2.90. The van der Waals surface area contributed by atoms with Crippen LogP contribution in [0.3, 0.4) is 0 Å². The lowest BCUT2D eigenvalue weighted by Crippen LogP contribution is -2.32. The second-order valence-corrected chi connectivity index (χ2v) is 7.25. The molecule has 4 N–H and O–H groups in total. The van der Waals surface area contributed by atoms with Crippen molar-refractivity contribution in [1.82, 2.24) is 0 Å². The number of amides is 1. The molecule has 0 saturated carbocycles. The highest BCUT2D eigenvalue weighted by Gasteiger charge is 2.30. The number of carbonyl (C=O) groups excluding carboxylic acids is 1. The van der Waals surface area contributed by atoms with E-state index in [0.29, 0.717) is 17.7 Å². The molecule has 0 radical (unpaired) electrons. The van der Waals surface area contributed by atoms with Crippen LogP contribution in [0, 0.1) is 0 Å². The third-order valence-corrected chi connectivity index (χ3v) is 4.74. The number of anilines is 3. The van der Waals surface area contributed by atoms with E-state index in [4.69, 9.17) is 5.73 Å². The van der Waals surface area contributed by atoms with Crippen LogP contribution in [0.25, 0.3) is 0 Å². The van der Waals surface area contributed by atoms with Crippen molar-refractivity contribution < 1.29 is 26.7 Å². The Morgan fingerprint density at radius 1 is 1.06 bits per heavy atom. The highest BCUT2D eigenvalue weighted by atomic mass is 19.4. The van der Waals surface area contributed by atoms with Gasteiger partial charge in [0.15, 0.2) is 0 Å². The number of halogens is 5. The maximum Gasteiger partial charge on any atom is 0.416 e. The molecule has 170 valence electrons. The van der Waals surface area contributed by atoms with Crippen LogP contribution in [-0.2, 0) is 17.5 Å². The van der Waals surface area contributed by atoms with Gasteiger partial charge in [0.05, 0.1) is 16.9 Å². The summed E-state index contributed by atoms with van der Waals surface area (Å²) in [5.74, 6) is -1.10. The van der Waals surface area contributed by atoms with Gasteiger partial charge in [0, 0.05) is 12.2 Å². The van der Waals surface area contributed by atoms with Crippen LogP contribution in [-0.4, -0.2) is 18.3 Å². The first kappa shape index (κ1) is 24.4. The number of rotatable bonds is 10. The molecule has 0 aliphatic rings. The van der Waals surface area contributed by atoms with Gasteiger partial charge in [0.2, 0.25) is 6.17 Å². The summed E-state index contributed by atoms with van der Waals surface area (Å²) in [6, 6.07) is 9.22. The summed E-state index contributed by atoms with van der Waals surface area (Å²) in [5, 5.41) is 5.29. The number of nitrogens with one attached hydrogen (secondary N) is 2. The monoisotopic (exact) mass is 443 g/mol. The Bertz CT molecular complexity index is 855. The van der Waals surface area contributed by atoms with Crippen molar-refractivity contribution in [3.8, 4) is 0 Å². The van der Waals surface area contributed by atoms with Gasteiger partial charge in [-0.3, -0.25) is 4.79 Å². The lowest BCUT2D eigenvalue weighted by molar-refractivity contribution is -0.137. The predicted octanol–water partition coefficient (Wildman–Crippen LogP) is 6.09. The van der Waals surface area contributed by atoms with Gasteiger partial charge in [-0.2, -0.15) is 13.2 Å². The first-order valence-corrected chi connectivity index (χ1v) is 10.0. The van der Waals surface area contributed by atoms with E-state index in [9.17, 15) is 26.7 Å². The molecule has 0 bridgehead atoms. The molecule has 0 aliphatic carbocycles. The molecule has 0 heterocycles. The summed E-state index contributed by atoms with van der Waals surface area (Å²) in [4.78, 5) is 12.0. The van der Waals surface area contributed by atoms with Gasteiger partial charge >= 0.3 is 6.18 Å². The number of nitrogen functional groups attached to an aromatic ring is 1. The van der Waals surface area contributed by atoms with Gasteiger partial charge in [0.1, 0.15) is 6.17 Å². The molecule has 2 aromatic carbocycles. The standard InChI is InChI=1S/C22H26F5N3O/c1-2-3-4-5-17(23)20(24)21(31)30-19-11-10-16(12-18(19)28)29-13-14-6-8-15(9-7-14)22(25,26)27/h6-12,17,20,29H,2-5,13,28H2,1H3,(H,30,31). The molecule has 2 aromatic rings. The smallest absolute Gasteiger partial charge is 0.397 e. The molecule has 2 rings (SSSR count). The normalized spacial score (nSPS) is 13.5. The molecule has 9 heteroatoms. The van der Waals surface area contributed by atoms with Crippen molar-refractivity contribution in [3.63, 3.8) is 0 Å². The van der Waals surface area contributed by atoms with Crippen molar-refractivity contribution in [2.75, 3.05) is 16.4 Å². The SMILES string of the molecule is CCCCCC(F)C(F)C(=O)Nc1ccc(NCc2ccc(C(F)(F)F)cc2)cc1N. The van der Waals surface area contributed by atoms with Gasteiger partial charge in [-0.25, -0.2) is 8.78 Å². The van der Waals surface area contributed by atoms with E-state index in [1.165, 1.54) is 24.3 Å². The maximum absolute atomic E-state index is 14.0. The summed E-state index contributed by atoms with van der Waals surface area (Å²) >= 11 is 0. The lowest BCUT2D eigenvalue weighted by Gasteiger charge is -2.15. The Morgan fingerprint density at radius 3 is 2.32 bits per heavy atom. The molecule has 0 aromatic heterocycles. The fourth-order valence-electron chi connectivity index (χ4n) is 2.90. The van der Waals surface area contributed by atoms with Crippen LogP contribution in [0.1, 0.15) is 43.7 Å². The van der Waals surface area contributed by atoms with Gasteiger partial charge in [-0.15, -0.1) is 0 Å². The number of hydrogen-bond acceptors (Lipinski definition) is 3. The molecular weight excluding hydrogens is 417 g/mol. The second-order valence-electron chi connectivity index (χ2n) is 7.25. The Hall–Kier alpha value is -2.84. The van der Waals surface area contributed by atoms with Crippen LogP contribution >= 0.6 is 0 Å².